The maximum Gasteiger partial charge on any atom is 0.224 e. The lowest BCUT2D eigenvalue weighted by molar-refractivity contribution is -0.133. The molecule has 1 atom stereocenters. The van der Waals surface area contributed by atoms with E-state index >= 15 is 0 Å². The lowest BCUT2D eigenvalue weighted by Crippen LogP contribution is -2.52. The Hall–Kier alpha value is -1.30. The third kappa shape index (κ3) is 5.65. The van der Waals surface area contributed by atoms with Crippen LogP contribution in [0.4, 0.5) is 0 Å². The summed E-state index contributed by atoms with van der Waals surface area (Å²) in [5.74, 6) is 0.930. The van der Waals surface area contributed by atoms with Crippen LogP contribution in [0, 0.1) is 0 Å². The van der Waals surface area contributed by atoms with Gasteiger partial charge in [0.2, 0.25) is 5.91 Å². The Labute approximate surface area is 150 Å². The van der Waals surface area contributed by atoms with E-state index in [9.17, 15) is 4.79 Å². The van der Waals surface area contributed by atoms with Crippen LogP contribution in [0.3, 0.4) is 0 Å². The molecule has 24 heavy (non-hydrogen) atoms. The van der Waals surface area contributed by atoms with Crippen molar-refractivity contribution in [3.8, 4) is 5.75 Å². The van der Waals surface area contributed by atoms with Crippen LogP contribution in [0.5, 0.6) is 5.75 Å². The quantitative estimate of drug-likeness (QED) is 0.753. The zero-order valence-corrected chi connectivity index (χ0v) is 15.6. The standard InChI is InChI=1S/C18H28ClN3O2/c1-4-22(10-11-24-17-7-5-6-15(19)12-17)18(23)13-16-14-20(2)8-9-21(16)3/h5-7,12,16H,4,8-11,13-14H2,1-3H3/t16-/m1/s1. The zero-order chi connectivity index (χ0) is 17.5. The van der Waals surface area contributed by atoms with Crippen LogP contribution in [0.2, 0.25) is 5.02 Å². The summed E-state index contributed by atoms with van der Waals surface area (Å²) < 4.78 is 5.70. The minimum Gasteiger partial charge on any atom is -0.492 e. The van der Waals surface area contributed by atoms with Gasteiger partial charge in [-0.15, -0.1) is 0 Å². The molecule has 1 saturated heterocycles. The third-order valence-corrected chi connectivity index (χ3v) is 4.79. The van der Waals surface area contributed by atoms with Gasteiger partial charge < -0.3 is 19.4 Å². The molecule has 5 nitrogen and oxygen atoms in total. The van der Waals surface area contributed by atoms with Gasteiger partial charge in [-0.05, 0) is 39.2 Å². The molecule has 134 valence electrons. The van der Waals surface area contributed by atoms with Crippen molar-refractivity contribution in [2.75, 3.05) is 53.4 Å². The van der Waals surface area contributed by atoms with Crippen LogP contribution in [0.15, 0.2) is 24.3 Å². The average Bonchev–Trinajstić information content (AvgIpc) is 2.55. The van der Waals surface area contributed by atoms with Crippen molar-refractivity contribution in [2.24, 2.45) is 0 Å². The minimum absolute atomic E-state index is 0.194. The largest absolute Gasteiger partial charge is 0.492 e. The fraction of sp³-hybridized carbons (Fsp3) is 0.611. The number of halogens is 1. The van der Waals surface area contributed by atoms with Gasteiger partial charge in [0.05, 0.1) is 6.54 Å². The summed E-state index contributed by atoms with van der Waals surface area (Å²) in [6.45, 7) is 6.79. The van der Waals surface area contributed by atoms with Crippen LogP contribution >= 0.6 is 11.6 Å². The number of rotatable bonds is 7. The number of benzene rings is 1. The van der Waals surface area contributed by atoms with Gasteiger partial charge in [0, 0.05) is 43.7 Å². The number of amides is 1. The van der Waals surface area contributed by atoms with Gasteiger partial charge in [-0.1, -0.05) is 17.7 Å². The van der Waals surface area contributed by atoms with Crippen LogP contribution < -0.4 is 4.74 Å². The lowest BCUT2D eigenvalue weighted by Gasteiger charge is -2.38. The molecule has 0 unspecified atom stereocenters. The molecule has 0 bridgehead atoms. The van der Waals surface area contributed by atoms with Crippen molar-refractivity contribution in [2.45, 2.75) is 19.4 Å². The van der Waals surface area contributed by atoms with Crippen LogP contribution in [-0.4, -0.2) is 80.1 Å². The van der Waals surface area contributed by atoms with Crippen molar-refractivity contribution >= 4 is 17.5 Å². The highest BCUT2D eigenvalue weighted by atomic mass is 35.5. The summed E-state index contributed by atoms with van der Waals surface area (Å²) in [5, 5.41) is 0.653. The van der Waals surface area contributed by atoms with Gasteiger partial charge in [0.25, 0.3) is 0 Å². The van der Waals surface area contributed by atoms with E-state index < -0.39 is 0 Å². The Morgan fingerprint density at radius 3 is 2.88 bits per heavy atom. The van der Waals surface area contributed by atoms with E-state index in [-0.39, 0.29) is 5.91 Å². The Bertz CT molecular complexity index is 541. The molecule has 1 aromatic carbocycles. The van der Waals surface area contributed by atoms with Gasteiger partial charge in [-0.25, -0.2) is 0 Å². The molecule has 0 saturated carbocycles. The number of piperazine rings is 1. The third-order valence-electron chi connectivity index (χ3n) is 4.55. The number of hydrogen-bond acceptors (Lipinski definition) is 4. The Kier molecular flexibility index (Phi) is 7.34. The van der Waals surface area contributed by atoms with Gasteiger partial charge in [-0.3, -0.25) is 4.79 Å². The van der Waals surface area contributed by atoms with Crippen LogP contribution in [0.1, 0.15) is 13.3 Å². The number of likely N-dealkylation sites (N-methyl/N-ethyl adjacent to an activating group) is 3. The van der Waals surface area contributed by atoms with Crippen molar-refractivity contribution in [1.29, 1.82) is 0 Å². The fourth-order valence-electron chi connectivity index (χ4n) is 2.94. The van der Waals surface area contributed by atoms with Crippen molar-refractivity contribution in [1.82, 2.24) is 14.7 Å². The Morgan fingerprint density at radius 2 is 2.17 bits per heavy atom. The molecule has 0 spiro atoms. The molecular weight excluding hydrogens is 326 g/mol. The Balaban J connectivity index is 1.80. The first kappa shape index (κ1) is 19.0. The van der Waals surface area contributed by atoms with Crippen molar-refractivity contribution in [3.63, 3.8) is 0 Å². The monoisotopic (exact) mass is 353 g/mol. The molecule has 1 aromatic rings. The summed E-state index contributed by atoms with van der Waals surface area (Å²) >= 11 is 5.94. The average molecular weight is 354 g/mol. The number of carbonyl (C=O) groups is 1. The van der Waals surface area contributed by atoms with Crippen molar-refractivity contribution in [3.05, 3.63) is 29.3 Å². The van der Waals surface area contributed by atoms with Gasteiger partial charge in [0.1, 0.15) is 12.4 Å². The zero-order valence-electron chi connectivity index (χ0n) is 14.9. The normalized spacial score (nSPS) is 19.2. The molecule has 0 aliphatic carbocycles. The number of ether oxygens (including phenoxy) is 1. The smallest absolute Gasteiger partial charge is 0.224 e. The summed E-state index contributed by atoms with van der Waals surface area (Å²) in [6.07, 6.45) is 0.561. The lowest BCUT2D eigenvalue weighted by atomic mass is 10.1. The summed E-state index contributed by atoms with van der Waals surface area (Å²) in [4.78, 5) is 19.0. The second-order valence-electron chi connectivity index (χ2n) is 6.38. The molecule has 0 aromatic heterocycles. The molecule has 1 heterocycles. The van der Waals surface area contributed by atoms with Gasteiger partial charge in [0.15, 0.2) is 0 Å². The highest BCUT2D eigenvalue weighted by molar-refractivity contribution is 6.30. The van der Waals surface area contributed by atoms with E-state index in [4.69, 9.17) is 16.3 Å². The second-order valence-corrected chi connectivity index (χ2v) is 6.82. The number of hydrogen-bond donors (Lipinski definition) is 0. The molecule has 0 radical (unpaired) electrons. The summed E-state index contributed by atoms with van der Waals surface area (Å²) in [6, 6.07) is 7.62. The highest BCUT2D eigenvalue weighted by Crippen LogP contribution is 2.17. The SMILES string of the molecule is CCN(CCOc1cccc(Cl)c1)C(=O)C[C@@H]1CN(C)CCN1C. The maximum atomic E-state index is 12.6. The molecule has 0 N–H and O–H groups in total. The predicted octanol–water partition coefficient (Wildman–Crippen LogP) is 2.20. The second kappa shape index (κ2) is 9.25. The highest BCUT2D eigenvalue weighted by Gasteiger charge is 2.26. The van der Waals surface area contributed by atoms with E-state index in [0.29, 0.717) is 37.2 Å². The minimum atomic E-state index is 0.194. The molecule has 1 fully saturated rings. The molecule has 2 rings (SSSR count). The van der Waals surface area contributed by atoms with Gasteiger partial charge in [-0.2, -0.15) is 0 Å². The molecule has 1 aliphatic heterocycles. The predicted molar refractivity (Wildman–Crippen MR) is 97.7 cm³/mol. The van der Waals surface area contributed by atoms with Crippen LogP contribution in [0.25, 0.3) is 0 Å². The molecular formula is C18H28ClN3O2. The van der Waals surface area contributed by atoms with E-state index in [1.807, 2.05) is 30.0 Å². The van der Waals surface area contributed by atoms with Gasteiger partial charge >= 0.3 is 0 Å². The first-order chi connectivity index (χ1) is 11.5. The van der Waals surface area contributed by atoms with Crippen LogP contribution in [-0.2, 0) is 4.79 Å². The fourth-order valence-corrected chi connectivity index (χ4v) is 3.12. The van der Waals surface area contributed by atoms with Crippen molar-refractivity contribution < 1.29 is 9.53 Å². The first-order valence-corrected chi connectivity index (χ1v) is 8.92. The van der Waals surface area contributed by atoms with E-state index in [0.717, 1.165) is 25.4 Å². The van der Waals surface area contributed by atoms with E-state index in [1.54, 1.807) is 6.07 Å². The molecule has 1 aliphatic rings. The number of nitrogens with zero attached hydrogens (tertiary/aromatic N) is 3. The molecule has 1 amide bonds. The molecule has 6 heteroatoms. The maximum absolute atomic E-state index is 12.6. The summed E-state index contributed by atoms with van der Waals surface area (Å²) in [5.41, 5.74) is 0. The van der Waals surface area contributed by atoms with E-state index in [2.05, 4.69) is 23.9 Å². The van der Waals surface area contributed by atoms with E-state index in [1.165, 1.54) is 0 Å². The first-order valence-electron chi connectivity index (χ1n) is 8.54. The number of carbonyl (C=O) groups excluding carboxylic acids is 1. The topological polar surface area (TPSA) is 36.0 Å². The summed E-state index contributed by atoms with van der Waals surface area (Å²) in [7, 11) is 4.21. The Morgan fingerprint density at radius 1 is 1.38 bits per heavy atom.